The van der Waals surface area contributed by atoms with E-state index in [9.17, 15) is 18.7 Å². The summed E-state index contributed by atoms with van der Waals surface area (Å²) in [4.78, 5) is 14.6. The molecule has 0 radical (unpaired) electrons. The van der Waals surface area contributed by atoms with Gasteiger partial charge in [-0.2, -0.15) is 0 Å². The van der Waals surface area contributed by atoms with Crippen LogP contribution in [0, 0.1) is 0 Å². The zero-order chi connectivity index (χ0) is 13.0. The zero-order valence-corrected chi connectivity index (χ0v) is 8.98. The van der Waals surface area contributed by atoms with E-state index in [2.05, 4.69) is 9.72 Å². The first kappa shape index (κ1) is 13.1. The number of alkyl halides is 2. The van der Waals surface area contributed by atoms with Crippen LogP contribution in [0.15, 0.2) is 6.20 Å². The summed E-state index contributed by atoms with van der Waals surface area (Å²) >= 11 is 0. The van der Waals surface area contributed by atoms with E-state index in [0.717, 1.165) is 6.20 Å². The Morgan fingerprint density at radius 1 is 1.53 bits per heavy atom. The van der Waals surface area contributed by atoms with Gasteiger partial charge in [0.05, 0.1) is 24.9 Å². The third-order valence-corrected chi connectivity index (χ3v) is 1.98. The lowest BCUT2D eigenvalue weighted by Gasteiger charge is -2.09. The SMILES string of the molecule is CCOC(=O)Cc1ncc(O)c(C(F)F)c1O. The van der Waals surface area contributed by atoms with Crippen LogP contribution in [0.4, 0.5) is 8.78 Å². The normalized spacial score (nSPS) is 10.6. The maximum atomic E-state index is 12.5. The summed E-state index contributed by atoms with van der Waals surface area (Å²) in [6.45, 7) is 1.73. The summed E-state index contributed by atoms with van der Waals surface area (Å²) in [6, 6.07) is 0. The Hall–Kier alpha value is -1.92. The standard InChI is InChI=1S/C10H11F2NO4/c1-2-17-7(15)3-5-9(16)8(10(11)12)6(14)4-13-5/h4,10,14,16H,2-3H2,1H3. The molecule has 0 aliphatic rings. The molecule has 7 heteroatoms. The minimum absolute atomic E-state index is 0.138. The molecule has 1 aromatic rings. The number of aromatic nitrogens is 1. The predicted molar refractivity (Wildman–Crippen MR) is 52.9 cm³/mol. The van der Waals surface area contributed by atoms with Crippen LogP contribution in [0.1, 0.15) is 24.6 Å². The van der Waals surface area contributed by atoms with Crippen molar-refractivity contribution in [3.8, 4) is 11.5 Å². The van der Waals surface area contributed by atoms with Crippen molar-refractivity contribution in [3.63, 3.8) is 0 Å². The number of pyridine rings is 1. The van der Waals surface area contributed by atoms with Gasteiger partial charge in [0.2, 0.25) is 0 Å². The summed E-state index contributed by atoms with van der Waals surface area (Å²) in [5, 5.41) is 18.6. The van der Waals surface area contributed by atoms with E-state index in [0.29, 0.717) is 0 Å². The molecule has 0 bridgehead atoms. The Kier molecular flexibility index (Phi) is 4.19. The number of carbonyl (C=O) groups excluding carboxylic acids is 1. The Labute approximate surface area is 95.7 Å². The minimum Gasteiger partial charge on any atom is -0.506 e. The molecule has 0 aromatic carbocycles. The van der Waals surface area contributed by atoms with Crippen molar-refractivity contribution in [1.82, 2.24) is 4.98 Å². The molecule has 0 fully saturated rings. The van der Waals surface area contributed by atoms with Crippen molar-refractivity contribution in [3.05, 3.63) is 17.5 Å². The number of nitrogens with zero attached hydrogens (tertiary/aromatic N) is 1. The highest BCUT2D eigenvalue weighted by Crippen LogP contribution is 2.36. The van der Waals surface area contributed by atoms with E-state index in [1.54, 1.807) is 6.92 Å². The summed E-state index contributed by atoms with van der Waals surface area (Å²) in [5.74, 6) is -2.39. The van der Waals surface area contributed by atoms with E-state index in [-0.39, 0.29) is 12.3 Å². The fourth-order valence-corrected chi connectivity index (χ4v) is 1.24. The van der Waals surface area contributed by atoms with E-state index >= 15 is 0 Å². The number of ether oxygens (including phenoxy) is 1. The maximum Gasteiger partial charge on any atom is 0.312 e. The van der Waals surface area contributed by atoms with Gasteiger partial charge in [-0.1, -0.05) is 0 Å². The highest BCUT2D eigenvalue weighted by atomic mass is 19.3. The molecule has 5 nitrogen and oxygen atoms in total. The van der Waals surface area contributed by atoms with Gasteiger partial charge < -0.3 is 14.9 Å². The average molecular weight is 247 g/mol. The largest absolute Gasteiger partial charge is 0.506 e. The van der Waals surface area contributed by atoms with Crippen LogP contribution in [-0.4, -0.2) is 27.8 Å². The second kappa shape index (κ2) is 5.42. The summed E-state index contributed by atoms with van der Waals surface area (Å²) in [6.07, 6.45) is -2.73. The molecule has 94 valence electrons. The molecule has 0 unspecified atom stereocenters. The maximum absolute atomic E-state index is 12.5. The molecule has 17 heavy (non-hydrogen) atoms. The third kappa shape index (κ3) is 3.02. The van der Waals surface area contributed by atoms with Crippen molar-refractivity contribution in [2.75, 3.05) is 6.61 Å². The fourth-order valence-electron chi connectivity index (χ4n) is 1.24. The molecular weight excluding hydrogens is 236 g/mol. The molecular formula is C10H11F2NO4. The van der Waals surface area contributed by atoms with Gasteiger partial charge in [-0.05, 0) is 6.92 Å². The van der Waals surface area contributed by atoms with Crippen LogP contribution in [-0.2, 0) is 16.0 Å². The Balaban J connectivity index is 3.02. The molecule has 0 saturated heterocycles. The fraction of sp³-hybridized carbons (Fsp3) is 0.400. The van der Waals surface area contributed by atoms with Crippen molar-refractivity contribution in [2.45, 2.75) is 19.8 Å². The van der Waals surface area contributed by atoms with Crippen LogP contribution in [0.5, 0.6) is 11.5 Å². The van der Waals surface area contributed by atoms with Crippen molar-refractivity contribution in [1.29, 1.82) is 0 Å². The van der Waals surface area contributed by atoms with Gasteiger partial charge in [0.1, 0.15) is 17.1 Å². The molecule has 1 rings (SSSR count). The summed E-state index contributed by atoms with van der Waals surface area (Å²) < 4.78 is 29.6. The first-order valence-corrected chi connectivity index (χ1v) is 4.80. The lowest BCUT2D eigenvalue weighted by Crippen LogP contribution is -2.09. The van der Waals surface area contributed by atoms with Gasteiger partial charge in [0.15, 0.2) is 0 Å². The molecule has 0 amide bonds. The first-order valence-electron chi connectivity index (χ1n) is 4.80. The second-order valence-corrected chi connectivity index (χ2v) is 3.13. The highest BCUT2D eigenvalue weighted by molar-refractivity contribution is 5.73. The number of rotatable bonds is 4. The lowest BCUT2D eigenvalue weighted by molar-refractivity contribution is -0.142. The molecule has 2 N–H and O–H groups in total. The van der Waals surface area contributed by atoms with E-state index < -0.39 is 35.9 Å². The highest BCUT2D eigenvalue weighted by Gasteiger charge is 2.23. The predicted octanol–water partition coefficient (Wildman–Crippen LogP) is 1.54. The molecule has 0 saturated carbocycles. The molecule has 0 spiro atoms. The van der Waals surface area contributed by atoms with Crippen LogP contribution < -0.4 is 0 Å². The van der Waals surface area contributed by atoms with E-state index in [1.807, 2.05) is 0 Å². The Morgan fingerprint density at radius 2 is 2.18 bits per heavy atom. The van der Waals surface area contributed by atoms with Gasteiger partial charge in [0, 0.05) is 0 Å². The van der Waals surface area contributed by atoms with Gasteiger partial charge in [-0.25, -0.2) is 8.78 Å². The van der Waals surface area contributed by atoms with Gasteiger partial charge in [0.25, 0.3) is 6.43 Å². The summed E-state index contributed by atoms with van der Waals surface area (Å²) in [5.41, 5.74) is -1.18. The van der Waals surface area contributed by atoms with Crippen molar-refractivity contribution in [2.24, 2.45) is 0 Å². The number of hydrogen-bond donors (Lipinski definition) is 2. The number of esters is 1. The van der Waals surface area contributed by atoms with Gasteiger partial charge in [-0.15, -0.1) is 0 Å². The van der Waals surface area contributed by atoms with Crippen LogP contribution in [0.25, 0.3) is 0 Å². The van der Waals surface area contributed by atoms with Crippen LogP contribution in [0.2, 0.25) is 0 Å². The topological polar surface area (TPSA) is 79.7 Å². The molecule has 1 heterocycles. The molecule has 0 aliphatic carbocycles. The first-order chi connectivity index (χ1) is 7.97. The minimum atomic E-state index is -3.06. The number of aromatic hydroxyl groups is 2. The quantitative estimate of drug-likeness (QED) is 0.789. The Morgan fingerprint density at radius 3 is 2.71 bits per heavy atom. The van der Waals surface area contributed by atoms with Crippen molar-refractivity contribution < 1.29 is 28.5 Å². The number of carbonyl (C=O) groups is 1. The van der Waals surface area contributed by atoms with Gasteiger partial charge in [-0.3, -0.25) is 9.78 Å². The second-order valence-electron chi connectivity index (χ2n) is 3.13. The zero-order valence-electron chi connectivity index (χ0n) is 8.98. The third-order valence-electron chi connectivity index (χ3n) is 1.98. The monoisotopic (exact) mass is 247 g/mol. The van der Waals surface area contributed by atoms with E-state index in [1.165, 1.54) is 0 Å². The number of halogens is 2. The van der Waals surface area contributed by atoms with E-state index in [4.69, 9.17) is 5.11 Å². The molecule has 1 aromatic heterocycles. The Bertz CT molecular complexity index is 423. The molecule has 0 aliphatic heterocycles. The molecule has 0 atom stereocenters. The van der Waals surface area contributed by atoms with Crippen LogP contribution in [0.3, 0.4) is 0 Å². The average Bonchev–Trinajstić information content (AvgIpc) is 2.22. The summed E-state index contributed by atoms with van der Waals surface area (Å²) in [7, 11) is 0. The smallest absolute Gasteiger partial charge is 0.312 e. The number of hydrogen-bond acceptors (Lipinski definition) is 5. The van der Waals surface area contributed by atoms with Gasteiger partial charge >= 0.3 is 5.97 Å². The van der Waals surface area contributed by atoms with Crippen molar-refractivity contribution >= 4 is 5.97 Å². The lowest BCUT2D eigenvalue weighted by atomic mass is 10.1. The van der Waals surface area contributed by atoms with Crippen LogP contribution >= 0.6 is 0 Å².